The van der Waals surface area contributed by atoms with Crippen LogP contribution in [-0.4, -0.2) is 31.6 Å². The molecule has 0 saturated carbocycles. The molecule has 0 spiro atoms. The summed E-state index contributed by atoms with van der Waals surface area (Å²) in [7, 11) is 0. The molecule has 0 saturated heterocycles. The van der Waals surface area contributed by atoms with Crippen LogP contribution in [0.1, 0.15) is 28.8 Å². The van der Waals surface area contributed by atoms with Crippen LogP contribution in [0.4, 0.5) is 15.8 Å². The first kappa shape index (κ1) is 23.6. The number of hydrogen-bond acceptors (Lipinski definition) is 4. The van der Waals surface area contributed by atoms with Gasteiger partial charge in [0.05, 0.1) is 22.9 Å². The van der Waals surface area contributed by atoms with Crippen LogP contribution in [0.25, 0.3) is 0 Å². The smallest absolute Gasteiger partial charge is 0.265 e. The molecular formula is C26H24ClFN2O4. The van der Waals surface area contributed by atoms with Crippen molar-refractivity contribution in [2.45, 2.75) is 19.8 Å². The maximum Gasteiger partial charge on any atom is 0.265 e. The van der Waals surface area contributed by atoms with E-state index in [0.29, 0.717) is 30.3 Å². The lowest BCUT2D eigenvalue weighted by atomic mass is 10.1. The van der Waals surface area contributed by atoms with Gasteiger partial charge in [-0.25, -0.2) is 4.39 Å². The molecule has 1 heterocycles. The zero-order chi connectivity index (χ0) is 24.1. The van der Waals surface area contributed by atoms with E-state index < -0.39 is 11.7 Å². The van der Waals surface area contributed by atoms with Crippen molar-refractivity contribution in [3.63, 3.8) is 0 Å². The van der Waals surface area contributed by atoms with Gasteiger partial charge in [0.25, 0.3) is 11.8 Å². The summed E-state index contributed by atoms with van der Waals surface area (Å²) in [6.07, 6.45) is 1.48. The van der Waals surface area contributed by atoms with E-state index in [1.54, 1.807) is 23.1 Å². The van der Waals surface area contributed by atoms with E-state index in [-0.39, 0.29) is 23.1 Å². The van der Waals surface area contributed by atoms with Gasteiger partial charge in [-0.3, -0.25) is 9.59 Å². The van der Waals surface area contributed by atoms with E-state index >= 15 is 0 Å². The van der Waals surface area contributed by atoms with Crippen LogP contribution in [0.15, 0.2) is 60.7 Å². The van der Waals surface area contributed by atoms with Gasteiger partial charge >= 0.3 is 0 Å². The number of benzene rings is 3. The number of ether oxygens (including phenoxy) is 2. The molecule has 0 fully saturated rings. The summed E-state index contributed by atoms with van der Waals surface area (Å²) >= 11 is 5.99. The van der Waals surface area contributed by atoms with Crippen LogP contribution in [0.5, 0.6) is 11.5 Å². The number of nitrogens with zero attached hydrogens (tertiary/aromatic N) is 1. The molecule has 0 atom stereocenters. The highest BCUT2D eigenvalue weighted by molar-refractivity contribution is 6.34. The summed E-state index contributed by atoms with van der Waals surface area (Å²) in [5.41, 5.74) is 1.84. The molecule has 34 heavy (non-hydrogen) atoms. The van der Waals surface area contributed by atoms with E-state index in [9.17, 15) is 14.0 Å². The summed E-state index contributed by atoms with van der Waals surface area (Å²) in [5, 5.41) is 2.66. The largest absolute Gasteiger partial charge is 0.494 e. The van der Waals surface area contributed by atoms with Crippen molar-refractivity contribution in [3.8, 4) is 11.5 Å². The molecular weight excluding hydrogens is 459 g/mol. The summed E-state index contributed by atoms with van der Waals surface area (Å²) in [5.74, 6) is -0.199. The highest BCUT2D eigenvalue weighted by Crippen LogP contribution is 2.35. The Morgan fingerprint density at radius 1 is 1.15 bits per heavy atom. The van der Waals surface area contributed by atoms with Crippen LogP contribution >= 0.6 is 11.6 Å². The Morgan fingerprint density at radius 2 is 1.97 bits per heavy atom. The zero-order valence-corrected chi connectivity index (χ0v) is 19.4. The average molecular weight is 483 g/mol. The van der Waals surface area contributed by atoms with E-state index in [4.69, 9.17) is 21.1 Å². The predicted octanol–water partition coefficient (Wildman–Crippen LogP) is 5.62. The Balaban J connectivity index is 1.40. The minimum atomic E-state index is -0.712. The van der Waals surface area contributed by atoms with E-state index in [0.717, 1.165) is 24.2 Å². The number of fused-ring (bicyclic) bond motifs is 1. The monoisotopic (exact) mass is 482 g/mol. The molecule has 6 nitrogen and oxygen atoms in total. The normalized spacial score (nSPS) is 12.7. The first-order valence-electron chi connectivity index (χ1n) is 10.9. The molecule has 0 aromatic heterocycles. The van der Waals surface area contributed by atoms with Crippen molar-refractivity contribution in [1.29, 1.82) is 0 Å². The SMILES string of the molecule is Cc1cccc(OCCCCN2C(=O)COc3ccc(NC(=O)c4c(F)cccc4Cl)cc32)c1. The maximum atomic E-state index is 14.1. The van der Waals surface area contributed by atoms with Crippen molar-refractivity contribution in [3.05, 3.63) is 82.6 Å². The number of rotatable bonds is 8. The number of nitrogens with one attached hydrogen (secondary N) is 1. The van der Waals surface area contributed by atoms with Gasteiger partial charge in [0.1, 0.15) is 17.3 Å². The Morgan fingerprint density at radius 3 is 2.76 bits per heavy atom. The van der Waals surface area contributed by atoms with Gasteiger partial charge in [-0.1, -0.05) is 29.8 Å². The number of hydrogen-bond donors (Lipinski definition) is 1. The first-order chi connectivity index (χ1) is 16.4. The summed E-state index contributed by atoms with van der Waals surface area (Å²) in [6, 6.07) is 16.9. The van der Waals surface area contributed by atoms with Crippen LogP contribution < -0.4 is 19.7 Å². The third-order valence-corrected chi connectivity index (χ3v) is 5.70. The lowest BCUT2D eigenvalue weighted by Gasteiger charge is -2.30. The number of carbonyl (C=O) groups excluding carboxylic acids is 2. The van der Waals surface area contributed by atoms with Crippen LogP contribution in [-0.2, 0) is 4.79 Å². The Kier molecular flexibility index (Phi) is 7.33. The Hall–Kier alpha value is -3.58. The minimum Gasteiger partial charge on any atom is -0.494 e. The van der Waals surface area contributed by atoms with Gasteiger partial charge in [0.2, 0.25) is 0 Å². The van der Waals surface area contributed by atoms with Crippen LogP contribution in [0.3, 0.4) is 0 Å². The second-order valence-corrected chi connectivity index (χ2v) is 8.35. The standard InChI is InChI=1S/C26H24ClFN2O4/c1-17-6-4-7-19(14-17)33-13-3-2-12-30-22-15-18(10-11-23(22)34-16-24(30)31)29-26(32)25-20(27)8-5-9-21(25)28/h4-11,14-15H,2-3,12-13,16H2,1H3,(H,29,32). The summed E-state index contributed by atoms with van der Waals surface area (Å²) in [6.45, 7) is 2.97. The quantitative estimate of drug-likeness (QED) is 0.423. The highest BCUT2D eigenvalue weighted by atomic mass is 35.5. The Labute approximate surface area is 202 Å². The lowest BCUT2D eigenvalue weighted by Crippen LogP contribution is -2.39. The van der Waals surface area contributed by atoms with Gasteiger partial charge in [-0.2, -0.15) is 0 Å². The number of halogens is 2. The fourth-order valence-electron chi connectivity index (χ4n) is 3.70. The van der Waals surface area contributed by atoms with Gasteiger partial charge in [-0.15, -0.1) is 0 Å². The predicted molar refractivity (Wildman–Crippen MR) is 130 cm³/mol. The highest BCUT2D eigenvalue weighted by Gasteiger charge is 2.26. The second kappa shape index (κ2) is 10.6. The number of unbranched alkanes of at least 4 members (excludes halogenated alkanes) is 1. The first-order valence-corrected chi connectivity index (χ1v) is 11.3. The fraction of sp³-hybridized carbons (Fsp3) is 0.231. The van der Waals surface area contributed by atoms with Crippen molar-refractivity contribution >= 4 is 34.8 Å². The number of aryl methyl sites for hydroxylation is 1. The molecule has 1 aliphatic heterocycles. The van der Waals surface area contributed by atoms with E-state index in [1.165, 1.54) is 18.2 Å². The van der Waals surface area contributed by atoms with Gasteiger partial charge < -0.3 is 19.7 Å². The molecule has 1 aliphatic rings. The lowest BCUT2D eigenvalue weighted by molar-refractivity contribution is -0.121. The summed E-state index contributed by atoms with van der Waals surface area (Å²) < 4.78 is 25.4. The molecule has 3 aromatic carbocycles. The van der Waals surface area contributed by atoms with Crippen LogP contribution in [0, 0.1) is 12.7 Å². The number of anilines is 2. The van der Waals surface area contributed by atoms with Crippen molar-refractivity contribution < 1.29 is 23.5 Å². The number of carbonyl (C=O) groups is 2. The van der Waals surface area contributed by atoms with Crippen molar-refractivity contribution in [1.82, 2.24) is 0 Å². The zero-order valence-electron chi connectivity index (χ0n) is 18.6. The maximum absolute atomic E-state index is 14.1. The molecule has 1 N–H and O–H groups in total. The van der Waals surface area contributed by atoms with E-state index in [2.05, 4.69) is 5.32 Å². The molecule has 0 bridgehead atoms. The second-order valence-electron chi connectivity index (χ2n) is 7.94. The molecule has 4 rings (SSSR count). The number of amides is 2. The molecule has 0 unspecified atom stereocenters. The molecule has 2 amide bonds. The van der Waals surface area contributed by atoms with Crippen molar-refractivity contribution in [2.24, 2.45) is 0 Å². The Bertz CT molecular complexity index is 1200. The van der Waals surface area contributed by atoms with Gasteiger partial charge in [0.15, 0.2) is 6.61 Å². The summed E-state index contributed by atoms with van der Waals surface area (Å²) in [4.78, 5) is 26.8. The van der Waals surface area contributed by atoms with Crippen molar-refractivity contribution in [2.75, 3.05) is 30.0 Å². The molecule has 0 radical (unpaired) electrons. The van der Waals surface area contributed by atoms with Gasteiger partial charge in [0, 0.05) is 12.2 Å². The fourth-order valence-corrected chi connectivity index (χ4v) is 3.95. The van der Waals surface area contributed by atoms with E-state index in [1.807, 2.05) is 31.2 Å². The molecule has 176 valence electrons. The third-order valence-electron chi connectivity index (χ3n) is 5.38. The topological polar surface area (TPSA) is 67.9 Å². The molecule has 8 heteroatoms. The minimum absolute atomic E-state index is 0.0171. The third kappa shape index (κ3) is 5.48. The van der Waals surface area contributed by atoms with Crippen LogP contribution in [0.2, 0.25) is 5.02 Å². The van der Waals surface area contributed by atoms with Gasteiger partial charge in [-0.05, 0) is 67.8 Å². The molecule has 3 aromatic rings. The average Bonchev–Trinajstić information content (AvgIpc) is 2.80. The molecule has 0 aliphatic carbocycles.